The fraction of sp³-hybridized carbons (Fsp3) is 0.321. The minimum atomic E-state index is -1.24. The van der Waals surface area contributed by atoms with Crippen LogP contribution in [0, 0.1) is 6.92 Å². The number of aryl methyl sites for hydroxylation is 1. The first-order valence-electron chi connectivity index (χ1n) is 12.7. The lowest BCUT2D eigenvalue weighted by Crippen LogP contribution is -2.30. The van der Waals surface area contributed by atoms with Gasteiger partial charge in [-0.1, -0.05) is 24.3 Å². The van der Waals surface area contributed by atoms with E-state index in [-0.39, 0.29) is 0 Å². The zero-order valence-corrected chi connectivity index (χ0v) is 22.1. The zero-order valence-electron chi connectivity index (χ0n) is 21.2. The Bertz CT molecular complexity index is 1390. The van der Waals surface area contributed by atoms with E-state index < -0.39 is 11.0 Å². The van der Waals surface area contributed by atoms with Crippen LogP contribution < -0.4 is 14.8 Å². The van der Waals surface area contributed by atoms with E-state index >= 15 is 0 Å². The third kappa shape index (κ3) is 6.12. The van der Waals surface area contributed by atoms with E-state index in [9.17, 15) is 4.21 Å². The second kappa shape index (κ2) is 11.8. The summed E-state index contributed by atoms with van der Waals surface area (Å²) in [6.07, 6.45) is 2.52. The number of nitrogens with zero attached hydrogens (tertiary/aromatic N) is 4. The minimum absolute atomic E-state index is 0.385. The van der Waals surface area contributed by atoms with Gasteiger partial charge in [0, 0.05) is 30.4 Å². The van der Waals surface area contributed by atoms with Gasteiger partial charge in [-0.2, -0.15) is 0 Å². The summed E-state index contributed by atoms with van der Waals surface area (Å²) >= 11 is 0. The third-order valence-corrected chi connectivity index (χ3v) is 7.64. The van der Waals surface area contributed by atoms with Crippen molar-refractivity contribution in [3.8, 4) is 16.9 Å². The maximum Gasteiger partial charge on any atom is 0.247 e. The van der Waals surface area contributed by atoms with E-state index in [0.717, 1.165) is 52.7 Å². The Hall–Kier alpha value is -3.40. The van der Waals surface area contributed by atoms with Gasteiger partial charge in [-0.25, -0.2) is 13.9 Å². The summed E-state index contributed by atoms with van der Waals surface area (Å²) < 4.78 is 21.7. The number of benzene rings is 3. The normalized spacial score (nSPS) is 14.6. The van der Waals surface area contributed by atoms with Crippen molar-refractivity contribution >= 4 is 33.7 Å². The molecule has 5 rings (SSSR count). The molecule has 192 valence electrons. The Kier molecular flexibility index (Phi) is 8.03. The van der Waals surface area contributed by atoms with Crippen LogP contribution in [0.3, 0.4) is 0 Å². The van der Waals surface area contributed by atoms with E-state index in [2.05, 4.69) is 49.2 Å². The molecule has 8 nitrogen and oxygen atoms in total. The summed E-state index contributed by atoms with van der Waals surface area (Å²) in [7, 11) is -1.24. The number of likely N-dealkylation sites (tertiary alicyclic amines) is 1. The molecule has 2 N–H and O–H groups in total. The number of rotatable bonds is 10. The number of hydrogen-bond acceptors (Lipinski definition) is 7. The number of fused-ring (bicyclic) bond motifs is 1. The molecule has 0 radical (unpaired) electrons. The highest BCUT2D eigenvalue weighted by Crippen LogP contribution is 2.35. The van der Waals surface area contributed by atoms with E-state index in [1.54, 1.807) is 0 Å². The van der Waals surface area contributed by atoms with E-state index in [4.69, 9.17) is 4.74 Å². The molecule has 3 aromatic carbocycles. The first kappa shape index (κ1) is 25.3. The van der Waals surface area contributed by atoms with Gasteiger partial charge in [0.25, 0.3) is 0 Å². The van der Waals surface area contributed by atoms with Crippen molar-refractivity contribution in [1.82, 2.24) is 24.8 Å². The predicted octanol–water partition coefficient (Wildman–Crippen LogP) is 4.85. The smallest absolute Gasteiger partial charge is 0.247 e. The summed E-state index contributed by atoms with van der Waals surface area (Å²) in [4.78, 5) is 7.79. The lowest BCUT2D eigenvalue weighted by Gasteiger charge is -2.14. The fourth-order valence-corrected chi connectivity index (χ4v) is 5.38. The topological polar surface area (TPSA) is 92.3 Å². The Morgan fingerprint density at radius 1 is 0.973 bits per heavy atom. The number of nitrogens with one attached hydrogen (secondary N) is 2. The molecule has 9 heteroatoms. The van der Waals surface area contributed by atoms with E-state index in [0.29, 0.717) is 30.1 Å². The second-order valence-corrected chi connectivity index (χ2v) is 10.4. The van der Waals surface area contributed by atoms with Crippen molar-refractivity contribution in [3.63, 3.8) is 0 Å². The molecule has 1 atom stereocenters. The van der Waals surface area contributed by atoms with Gasteiger partial charge in [0.15, 0.2) is 0 Å². The highest BCUT2D eigenvalue weighted by molar-refractivity contribution is 7.83. The maximum atomic E-state index is 12.6. The van der Waals surface area contributed by atoms with Crippen molar-refractivity contribution in [2.24, 2.45) is 0 Å². The van der Waals surface area contributed by atoms with Crippen LogP contribution >= 0.6 is 0 Å². The number of aromatic nitrogens is 3. The van der Waals surface area contributed by atoms with Crippen molar-refractivity contribution in [1.29, 1.82) is 0 Å². The summed E-state index contributed by atoms with van der Waals surface area (Å²) in [6, 6.07) is 19.5. The van der Waals surface area contributed by atoms with Crippen LogP contribution in [0.15, 0.2) is 65.6 Å². The van der Waals surface area contributed by atoms with Gasteiger partial charge in [0.1, 0.15) is 22.3 Å². The van der Waals surface area contributed by atoms with E-state index in [1.807, 2.05) is 55.5 Å². The molecule has 0 amide bonds. The first-order chi connectivity index (χ1) is 18.1. The van der Waals surface area contributed by atoms with E-state index in [1.165, 1.54) is 12.8 Å². The predicted molar refractivity (Wildman–Crippen MR) is 148 cm³/mol. The second-order valence-electron chi connectivity index (χ2n) is 9.08. The molecule has 1 unspecified atom stereocenters. The van der Waals surface area contributed by atoms with Gasteiger partial charge >= 0.3 is 0 Å². The monoisotopic (exact) mass is 516 g/mol. The summed E-state index contributed by atoms with van der Waals surface area (Å²) in [5, 5.41) is 11.9. The molecule has 37 heavy (non-hydrogen) atoms. The molecule has 4 aromatic rings. The number of hydrogen-bond donors (Lipinski definition) is 2. The molecule has 1 saturated heterocycles. The summed E-state index contributed by atoms with van der Waals surface area (Å²) in [5.41, 5.74) is 5.41. The lowest BCUT2D eigenvalue weighted by atomic mass is 9.99. The fourth-order valence-electron chi connectivity index (χ4n) is 4.56. The summed E-state index contributed by atoms with van der Waals surface area (Å²) in [6.45, 7) is 8.51. The number of anilines is 2. The van der Waals surface area contributed by atoms with Crippen LogP contribution in [0.1, 0.15) is 25.3 Å². The van der Waals surface area contributed by atoms with Crippen LogP contribution in [-0.4, -0.2) is 57.1 Å². The molecule has 1 fully saturated rings. The van der Waals surface area contributed by atoms with Crippen LogP contribution in [0.25, 0.3) is 22.2 Å². The SMILES string of the molecule is CCOc1cc2nc(Nc3ccc(S(=O)NCCN4CCCC4)cc3)nnc2cc1-c1ccccc1C. The molecule has 1 aromatic heterocycles. The quantitative estimate of drug-likeness (QED) is 0.311. The van der Waals surface area contributed by atoms with Crippen LogP contribution in [0.2, 0.25) is 0 Å². The van der Waals surface area contributed by atoms with Crippen LogP contribution in [0.4, 0.5) is 11.6 Å². The molecule has 0 aliphatic carbocycles. The minimum Gasteiger partial charge on any atom is -0.493 e. The van der Waals surface area contributed by atoms with Gasteiger partial charge in [0.05, 0.1) is 17.0 Å². The van der Waals surface area contributed by atoms with Crippen molar-refractivity contribution in [3.05, 3.63) is 66.2 Å². The maximum absolute atomic E-state index is 12.6. The molecule has 2 heterocycles. The van der Waals surface area contributed by atoms with Crippen LogP contribution in [0.5, 0.6) is 5.75 Å². The molecule has 0 bridgehead atoms. The number of ether oxygens (including phenoxy) is 1. The largest absolute Gasteiger partial charge is 0.493 e. The summed E-state index contributed by atoms with van der Waals surface area (Å²) in [5.74, 6) is 1.15. The molecule has 0 saturated carbocycles. The third-order valence-electron chi connectivity index (χ3n) is 6.48. The van der Waals surface area contributed by atoms with Gasteiger partial charge in [-0.05, 0) is 81.2 Å². The van der Waals surface area contributed by atoms with Crippen molar-refractivity contribution in [2.45, 2.75) is 31.6 Å². The highest BCUT2D eigenvalue weighted by Gasteiger charge is 2.14. The van der Waals surface area contributed by atoms with Crippen LogP contribution in [-0.2, 0) is 11.0 Å². The molecular weight excluding hydrogens is 484 g/mol. The Balaban J connectivity index is 1.29. The average molecular weight is 517 g/mol. The van der Waals surface area contributed by atoms with Gasteiger partial charge in [-0.3, -0.25) is 0 Å². The van der Waals surface area contributed by atoms with Gasteiger partial charge in [-0.15, -0.1) is 10.2 Å². The van der Waals surface area contributed by atoms with Crippen molar-refractivity contribution in [2.75, 3.05) is 38.1 Å². The zero-order chi connectivity index (χ0) is 25.6. The molecule has 0 spiro atoms. The average Bonchev–Trinajstić information content (AvgIpc) is 3.43. The first-order valence-corrected chi connectivity index (χ1v) is 13.9. The molecular formula is C28H32N6O2S. The Morgan fingerprint density at radius 3 is 2.51 bits per heavy atom. The Morgan fingerprint density at radius 2 is 1.76 bits per heavy atom. The highest BCUT2D eigenvalue weighted by atomic mass is 32.2. The van der Waals surface area contributed by atoms with Gasteiger partial charge < -0.3 is 15.0 Å². The Labute approximate surface area is 220 Å². The standard InChI is InChI=1S/C28H32N6O2S/c1-3-36-27-19-25-26(18-24(27)23-9-5-4-8-20(23)2)32-33-28(31-25)30-21-10-12-22(13-11-21)37(35)29-14-17-34-15-6-7-16-34/h4-5,8-13,18-19,29H,3,6-7,14-17H2,1-2H3,(H,30,31,33). The molecule has 1 aliphatic heterocycles. The molecule has 1 aliphatic rings. The lowest BCUT2D eigenvalue weighted by molar-refractivity contribution is 0.342. The van der Waals surface area contributed by atoms with Crippen molar-refractivity contribution < 1.29 is 8.95 Å². The van der Waals surface area contributed by atoms with Gasteiger partial charge in [0.2, 0.25) is 5.95 Å².